The van der Waals surface area contributed by atoms with Crippen LogP contribution in [0.5, 0.6) is 11.5 Å². The zero-order valence-electron chi connectivity index (χ0n) is 23.5. The van der Waals surface area contributed by atoms with Crippen LogP contribution in [0, 0.1) is 0 Å². The number of hydrogen-bond acceptors (Lipinski definition) is 7. The molecule has 0 saturated carbocycles. The lowest BCUT2D eigenvalue weighted by molar-refractivity contribution is -0.119. The van der Waals surface area contributed by atoms with Crippen LogP contribution in [0.15, 0.2) is 52.1 Å². The number of morpholine rings is 1. The highest BCUT2D eigenvalue weighted by Gasteiger charge is 2.25. The second-order valence-electron chi connectivity index (χ2n) is 10.6. The summed E-state index contributed by atoms with van der Waals surface area (Å²) in [5, 5.41) is 0.235. The molecule has 2 fully saturated rings. The number of alkyl halides is 2. The van der Waals surface area contributed by atoms with E-state index in [0.29, 0.717) is 57.0 Å². The maximum Gasteiger partial charge on any atom is 0.332 e. The van der Waals surface area contributed by atoms with Crippen LogP contribution in [0.4, 0.5) is 8.78 Å². The average Bonchev–Trinajstić information content (AvgIpc) is 3.03. The Kier molecular flexibility index (Phi) is 9.85. The highest BCUT2D eigenvalue weighted by molar-refractivity contribution is 5.80. The molecule has 1 atom stereocenters. The van der Waals surface area contributed by atoms with Gasteiger partial charge in [-0.3, -0.25) is 23.6 Å². The zero-order chi connectivity index (χ0) is 29.5. The molecule has 2 aromatic carbocycles. The van der Waals surface area contributed by atoms with Crippen molar-refractivity contribution in [2.24, 2.45) is 0 Å². The number of halogens is 2. The molecule has 10 nitrogen and oxygen atoms in total. The van der Waals surface area contributed by atoms with Crippen molar-refractivity contribution in [2.75, 3.05) is 65.8 Å². The first-order chi connectivity index (χ1) is 20.5. The van der Waals surface area contributed by atoms with Gasteiger partial charge >= 0.3 is 5.69 Å². The first-order valence-electron chi connectivity index (χ1n) is 14.3. The van der Waals surface area contributed by atoms with Crippen LogP contribution in [0.2, 0.25) is 0 Å². The lowest BCUT2D eigenvalue weighted by Gasteiger charge is -2.31. The van der Waals surface area contributed by atoms with Gasteiger partial charge in [0.15, 0.2) is 6.17 Å². The van der Waals surface area contributed by atoms with E-state index in [-0.39, 0.29) is 23.7 Å². The van der Waals surface area contributed by atoms with E-state index in [9.17, 15) is 23.2 Å². The number of amides is 1. The fourth-order valence-corrected chi connectivity index (χ4v) is 5.46. The summed E-state index contributed by atoms with van der Waals surface area (Å²) in [5.41, 5.74) is 0.185. The Morgan fingerprint density at radius 1 is 1.00 bits per heavy atom. The molecule has 3 heterocycles. The summed E-state index contributed by atoms with van der Waals surface area (Å²) in [6.45, 7) is 3.77. The number of benzene rings is 2. The van der Waals surface area contributed by atoms with Crippen molar-refractivity contribution in [2.45, 2.75) is 31.6 Å². The molecular weight excluding hydrogens is 550 g/mol. The van der Waals surface area contributed by atoms with Crippen molar-refractivity contribution in [3.05, 3.63) is 68.9 Å². The summed E-state index contributed by atoms with van der Waals surface area (Å²) in [5.74, 6) is 0.847. The van der Waals surface area contributed by atoms with Gasteiger partial charge in [-0.2, -0.15) is 0 Å². The largest absolute Gasteiger partial charge is 0.492 e. The molecular formula is C30H36F2N4O6. The van der Waals surface area contributed by atoms with Gasteiger partial charge < -0.3 is 19.1 Å². The number of fused-ring (bicyclic) bond motifs is 1. The van der Waals surface area contributed by atoms with Crippen LogP contribution in [0.1, 0.15) is 24.4 Å². The summed E-state index contributed by atoms with van der Waals surface area (Å²) in [4.78, 5) is 42.8. The van der Waals surface area contributed by atoms with Gasteiger partial charge in [-0.1, -0.05) is 12.1 Å². The number of rotatable bonds is 12. The highest BCUT2D eigenvalue weighted by atomic mass is 19.2. The third-order valence-electron chi connectivity index (χ3n) is 7.77. The van der Waals surface area contributed by atoms with Crippen LogP contribution in [-0.2, 0) is 16.1 Å². The second kappa shape index (κ2) is 13.9. The molecule has 3 aromatic rings. The van der Waals surface area contributed by atoms with Gasteiger partial charge in [0.2, 0.25) is 6.41 Å². The maximum absolute atomic E-state index is 13.9. The Morgan fingerprint density at radius 3 is 2.50 bits per heavy atom. The minimum absolute atomic E-state index is 0.0148. The minimum Gasteiger partial charge on any atom is -0.492 e. The van der Waals surface area contributed by atoms with Gasteiger partial charge in [0.25, 0.3) is 5.56 Å². The van der Waals surface area contributed by atoms with Gasteiger partial charge in [-0.05, 0) is 48.7 Å². The first-order valence-corrected chi connectivity index (χ1v) is 14.3. The van der Waals surface area contributed by atoms with E-state index in [1.165, 1.54) is 10.6 Å². The number of ether oxygens (including phenoxy) is 3. The Balaban J connectivity index is 1.44. The molecule has 0 N–H and O–H groups in total. The second-order valence-corrected chi connectivity index (χ2v) is 10.6. The topological polar surface area (TPSA) is 95.2 Å². The van der Waals surface area contributed by atoms with E-state index in [1.54, 1.807) is 21.6 Å². The normalized spacial score (nSPS) is 17.3. The van der Waals surface area contributed by atoms with Crippen molar-refractivity contribution >= 4 is 17.3 Å². The van der Waals surface area contributed by atoms with E-state index in [4.69, 9.17) is 14.2 Å². The molecule has 1 aromatic heterocycles. The molecule has 0 spiro atoms. The van der Waals surface area contributed by atoms with Crippen molar-refractivity contribution in [3.63, 3.8) is 0 Å². The quantitative estimate of drug-likeness (QED) is 0.301. The lowest BCUT2D eigenvalue weighted by atomic mass is 10.0. The van der Waals surface area contributed by atoms with E-state index in [2.05, 4.69) is 4.90 Å². The fraction of sp³-hybridized carbons (Fsp3) is 0.500. The van der Waals surface area contributed by atoms with E-state index >= 15 is 0 Å². The van der Waals surface area contributed by atoms with Crippen LogP contribution in [0.3, 0.4) is 0 Å². The van der Waals surface area contributed by atoms with Gasteiger partial charge in [-0.25, -0.2) is 13.6 Å². The molecule has 226 valence electrons. The Hall–Kier alpha value is -3.77. The van der Waals surface area contributed by atoms with Crippen LogP contribution < -0.4 is 20.7 Å². The molecule has 2 aliphatic heterocycles. The number of likely N-dealkylation sites (tertiary alicyclic amines) is 1. The minimum atomic E-state index is -1.78. The third-order valence-corrected chi connectivity index (χ3v) is 7.77. The first kappa shape index (κ1) is 29.7. The molecule has 12 heteroatoms. The standard InChI is InChI=1S/C30H36F2N4O6/c31-18-23(32)20-42-26-4-5-28-27(17-26)29(38)35(30(39)36(28)24-6-8-34(21-37)9-7-24)19-22-2-1-3-25(16-22)41-15-12-33-10-13-40-14-11-33/h1-5,16-17,21,23-24H,6-15,18-20H2. The zero-order valence-corrected chi connectivity index (χ0v) is 23.5. The SMILES string of the molecule is O=CN1CCC(n2c(=O)n(Cc3cccc(OCCN4CCOCC4)c3)c(=O)c3cc(OCC(F)CF)ccc32)CC1. The molecule has 0 bridgehead atoms. The van der Waals surface area contributed by atoms with Gasteiger partial charge in [-0.15, -0.1) is 0 Å². The van der Waals surface area contributed by atoms with Gasteiger partial charge in [0.05, 0.1) is 30.7 Å². The fourth-order valence-electron chi connectivity index (χ4n) is 5.46. The van der Waals surface area contributed by atoms with E-state index in [1.807, 2.05) is 24.3 Å². The van der Waals surface area contributed by atoms with Gasteiger partial charge in [0, 0.05) is 38.8 Å². The number of piperidine rings is 1. The summed E-state index contributed by atoms with van der Waals surface area (Å²) < 4.78 is 45.7. The molecule has 0 aliphatic carbocycles. The van der Waals surface area contributed by atoms with Crippen molar-refractivity contribution in [1.29, 1.82) is 0 Å². The molecule has 2 aliphatic rings. The van der Waals surface area contributed by atoms with E-state index in [0.717, 1.165) is 31.6 Å². The molecule has 0 radical (unpaired) electrons. The number of carbonyl (C=O) groups is 1. The van der Waals surface area contributed by atoms with Crippen molar-refractivity contribution in [1.82, 2.24) is 18.9 Å². The van der Waals surface area contributed by atoms with Crippen LogP contribution in [0.25, 0.3) is 10.9 Å². The van der Waals surface area contributed by atoms with Crippen LogP contribution in [-0.4, -0.2) is 97.3 Å². The predicted molar refractivity (Wildman–Crippen MR) is 153 cm³/mol. The monoisotopic (exact) mass is 586 g/mol. The molecule has 1 unspecified atom stereocenters. The third kappa shape index (κ3) is 6.99. The lowest BCUT2D eigenvalue weighted by Crippen LogP contribution is -2.44. The molecule has 1 amide bonds. The summed E-state index contributed by atoms with van der Waals surface area (Å²) in [7, 11) is 0. The number of carbonyl (C=O) groups excluding carboxylic acids is 1. The average molecular weight is 587 g/mol. The number of nitrogens with zero attached hydrogens (tertiary/aromatic N) is 4. The Bertz CT molecular complexity index is 1480. The summed E-state index contributed by atoms with van der Waals surface area (Å²) in [6, 6.07) is 11.7. The van der Waals surface area contributed by atoms with Crippen molar-refractivity contribution in [3.8, 4) is 11.5 Å². The van der Waals surface area contributed by atoms with E-state index < -0.39 is 30.7 Å². The van der Waals surface area contributed by atoms with Gasteiger partial charge in [0.1, 0.15) is 31.4 Å². The van der Waals surface area contributed by atoms with Crippen LogP contribution >= 0.6 is 0 Å². The molecule has 5 rings (SSSR count). The molecule has 2 saturated heterocycles. The summed E-state index contributed by atoms with van der Waals surface area (Å²) in [6.07, 6.45) is 0.123. The number of aromatic nitrogens is 2. The Morgan fingerprint density at radius 2 is 1.76 bits per heavy atom. The summed E-state index contributed by atoms with van der Waals surface area (Å²) >= 11 is 0. The molecule has 42 heavy (non-hydrogen) atoms. The van der Waals surface area contributed by atoms with Crippen molar-refractivity contribution < 1.29 is 27.8 Å². The Labute approximate surface area is 242 Å². The smallest absolute Gasteiger partial charge is 0.332 e. The number of hydrogen-bond donors (Lipinski definition) is 0. The highest BCUT2D eigenvalue weighted by Crippen LogP contribution is 2.26. The predicted octanol–water partition coefficient (Wildman–Crippen LogP) is 2.40. The maximum atomic E-state index is 13.9.